The zero-order valence-corrected chi connectivity index (χ0v) is 12.5. The van der Waals surface area contributed by atoms with Gasteiger partial charge in [0.05, 0.1) is 13.2 Å². The fraction of sp³-hybridized carbons (Fsp3) is 0.375. The fourth-order valence-electron chi connectivity index (χ4n) is 1.88. The summed E-state index contributed by atoms with van der Waals surface area (Å²) in [4.78, 5) is 23.7. The number of hydrogen-bond acceptors (Lipinski definition) is 4. The van der Waals surface area contributed by atoms with E-state index >= 15 is 0 Å². The molecule has 0 fully saturated rings. The van der Waals surface area contributed by atoms with Crippen molar-refractivity contribution in [2.24, 2.45) is 5.92 Å². The molecule has 0 unspecified atom stereocenters. The van der Waals surface area contributed by atoms with E-state index in [0.29, 0.717) is 6.07 Å². The second kappa shape index (κ2) is 8.26. The zero-order valence-electron chi connectivity index (χ0n) is 12.5. The summed E-state index contributed by atoms with van der Waals surface area (Å²) in [5.74, 6) is -4.27. The molecule has 6 heteroatoms. The largest absolute Gasteiger partial charge is 0.465 e. The smallest absolute Gasteiger partial charge is 0.320 e. The summed E-state index contributed by atoms with van der Waals surface area (Å²) in [7, 11) is 0. The van der Waals surface area contributed by atoms with Crippen LogP contribution in [0.25, 0.3) is 5.57 Å². The Labute approximate surface area is 127 Å². The van der Waals surface area contributed by atoms with Gasteiger partial charge < -0.3 is 9.47 Å². The van der Waals surface area contributed by atoms with E-state index in [9.17, 15) is 18.4 Å². The molecule has 1 aromatic rings. The lowest BCUT2D eigenvalue weighted by atomic mass is 9.95. The Hall–Kier alpha value is -2.24. The van der Waals surface area contributed by atoms with Crippen LogP contribution in [-0.2, 0) is 19.1 Å². The summed E-state index contributed by atoms with van der Waals surface area (Å²) in [5.41, 5.74) is 0.226. The van der Waals surface area contributed by atoms with Crippen LogP contribution in [0.3, 0.4) is 0 Å². The third-order valence-electron chi connectivity index (χ3n) is 2.90. The highest BCUT2D eigenvalue weighted by Crippen LogP contribution is 2.25. The van der Waals surface area contributed by atoms with Gasteiger partial charge in [-0.1, -0.05) is 6.58 Å². The van der Waals surface area contributed by atoms with Crippen LogP contribution < -0.4 is 0 Å². The molecular formula is C16H18F2O4. The van der Waals surface area contributed by atoms with Crippen LogP contribution in [0.2, 0.25) is 0 Å². The van der Waals surface area contributed by atoms with Crippen LogP contribution >= 0.6 is 0 Å². The minimum absolute atomic E-state index is 0.0417. The second-order valence-electron chi connectivity index (χ2n) is 4.49. The molecule has 0 bridgehead atoms. The number of carbonyl (C=O) groups is 2. The third kappa shape index (κ3) is 4.65. The topological polar surface area (TPSA) is 52.6 Å². The lowest BCUT2D eigenvalue weighted by Crippen LogP contribution is -2.28. The first-order chi connectivity index (χ1) is 10.4. The van der Waals surface area contributed by atoms with Crippen molar-refractivity contribution in [3.63, 3.8) is 0 Å². The van der Waals surface area contributed by atoms with Crippen LogP contribution in [0.1, 0.15) is 25.8 Å². The lowest BCUT2D eigenvalue weighted by molar-refractivity contribution is -0.161. The Kier molecular flexibility index (Phi) is 6.69. The monoisotopic (exact) mass is 312 g/mol. The van der Waals surface area contributed by atoms with Crippen LogP contribution in [-0.4, -0.2) is 25.2 Å². The van der Waals surface area contributed by atoms with Crippen LogP contribution in [0.5, 0.6) is 0 Å². The first-order valence-corrected chi connectivity index (χ1v) is 6.87. The lowest BCUT2D eigenvalue weighted by Gasteiger charge is -2.16. The molecule has 1 aromatic carbocycles. The van der Waals surface area contributed by atoms with Crippen molar-refractivity contribution < 1.29 is 27.8 Å². The van der Waals surface area contributed by atoms with E-state index in [2.05, 4.69) is 6.58 Å². The van der Waals surface area contributed by atoms with Crippen LogP contribution in [0.4, 0.5) is 8.78 Å². The molecule has 0 atom stereocenters. The van der Waals surface area contributed by atoms with Gasteiger partial charge in [-0.15, -0.1) is 0 Å². The summed E-state index contributed by atoms with van der Waals surface area (Å²) in [5, 5.41) is 0. The van der Waals surface area contributed by atoms with Crippen LogP contribution in [0.15, 0.2) is 24.8 Å². The molecule has 0 radical (unpaired) electrons. The summed E-state index contributed by atoms with van der Waals surface area (Å²) in [6.07, 6.45) is -0.166. The van der Waals surface area contributed by atoms with Gasteiger partial charge in [0.1, 0.15) is 11.6 Å². The third-order valence-corrected chi connectivity index (χ3v) is 2.90. The highest BCUT2D eigenvalue weighted by molar-refractivity contribution is 5.96. The van der Waals surface area contributed by atoms with Gasteiger partial charge in [-0.3, -0.25) is 9.59 Å². The number of halogens is 2. The predicted molar refractivity (Wildman–Crippen MR) is 76.8 cm³/mol. The van der Waals surface area contributed by atoms with Crippen LogP contribution in [0, 0.1) is 17.6 Å². The molecule has 0 heterocycles. The Morgan fingerprint density at radius 1 is 1.14 bits per heavy atom. The number of carbonyl (C=O) groups excluding carboxylic acids is 2. The van der Waals surface area contributed by atoms with Crippen molar-refractivity contribution in [2.45, 2.75) is 20.3 Å². The molecule has 120 valence electrons. The minimum atomic E-state index is -1.23. The second-order valence-corrected chi connectivity index (χ2v) is 4.49. The number of esters is 2. The van der Waals surface area contributed by atoms with Gasteiger partial charge in [-0.2, -0.15) is 0 Å². The van der Waals surface area contributed by atoms with Crippen molar-refractivity contribution in [3.05, 3.63) is 42.0 Å². The van der Waals surface area contributed by atoms with Crippen molar-refractivity contribution in [3.8, 4) is 0 Å². The Morgan fingerprint density at radius 3 is 2.14 bits per heavy atom. The van der Waals surface area contributed by atoms with Crippen molar-refractivity contribution in [1.82, 2.24) is 0 Å². The SMILES string of the molecule is C=C(CC(C(=O)OCC)C(=O)OCC)c1ccc(F)cc1F. The molecular weight excluding hydrogens is 294 g/mol. The van der Waals surface area contributed by atoms with E-state index in [-0.39, 0.29) is 30.8 Å². The number of ether oxygens (including phenoxy) is 2. The number of hydrogen-bond donors (Lipinski definition) is 0. The van der Waals surface area contributed by atoms with Gasteiger partial charge in [-0.25, -0.2) is 8.78 Å². The van der Waals surface area contributed by atoms with E-state index in [4.69, 9.17) is 9.47 Å². The maximum atomic E-state index is 13.7. The zero-order chi connectivity index (χ0) is 16.7. The van der Waals surface area contributed by atoms with E-state index in [1.807, 2.05) is 0 Å². The molecule has 22 heavy (non-hydrogen) atoms. The van der Waals surface area contributed by atoms with E-state index in [1.165, 1.54) is 6.07 Å². The average Bonchev–Trinajstić information content (AvgIpc) is 2.44. The number of benzene rings is 1. The number of rotatable bonds is 7. The van der Waals surface area contributed by atoms with Gasteiger partial charge in [0.15, 0.2) is 5.92 Å². The van der Waals surface area contributed by atoms with E-state index in [0.717, 1.165) is 6.07 Å². The van der Waals surface area contributed by atoms with E-state index < -0.39 is 29.5 Å². The maximum Gasteiger partial charge on any atom is 0.320 e. The number of allylic oxidation sites excluding steroid dienone is 1. The molecule has 1 rings (SSSR count). The van der Waals surface area contributed by atoms with E-state index in [1.54, 1.807) is 13.8 Å². The highest BCUT2D eigenvalue weighted by Gasteiger charge is 2.30. The molecule has 0 aliphatic rings. The summed E-state index contributed by atoms with van der Waals surface area (Å²) >= 11 is 0. The normalized spacial score (nSPS) is 10.4. The average molecular weight is 312 g/mol. The van der Waals surface area contributed by atoms with Gasteiger partial charge in [0.25, 0.3) is 0 Å². The van der Waals surface area contributed by atoms with Gasteiger partial charge >= 0.3 is 11.9 Å². The standard InChI is InChI=1S/C16H18F2O4/c1-4-21-15(19)13(16(20)22-5-2)8-10(3)12-7-6-11(17)9-14(12)18/h6-7,9,13H,3-5,8H2,1-2H3. The quantitative estimate of drug-likeness (QED) is 0.573. The van der Waals surface area contributed by atoms with Gasteiger partial charge in [0, 0.05) is 11.6 Å². The van der Waals surface area contributed by atoms with Crippen molar-refractivity contribution in [1.29, 1.82) is 0 Å². The molecule has 0 amide bonds. The van der Waals surface area contributed by atoms with Gasteiger partial charge in [-0.05, 0) is 38.0 Å². The molecule has 0 spiro atoms. The summed E-state index contributed by atoms with van der Waals surface area (Å²) in [6, 6.07) is 3.00. The Balaban J connectivity index is 2.94. The minimum Gasteiger partial charge on any atom is -0.465 e. The summed E-state index contributed by atoms with van der Waals surface area (Å²) in [6.45, 7) is 7.08. The maximum absolute atomic E-state index is 13.7. The highest BCUT2D eigenvalue weighted by atomic mass is 19.1. The molecule has 0 saturated heterocycles. The molecule has 0 aliphatic carbocycles. The fourth-order valence-corrected chi connectivity index (χ4v) is 1.88. The van der Waals surface area contributed by atoms with Crippen molar-refractivity contribution >= 4 is 17.5 Å². The first-order valence-electron chi connectivity index (χ1n) is 6.87. The van der Waals surface area contributed by atoms with Gasteiger partial charge in [0.2, 0.25) is 0 Å². The molecule has 4 nitrogen and oxygen atoms in total. The predicted octanol–water partition coefficient (Wildman–Crippen LogP) is 3.11. The molecule has 0 aliphatic heterocycles. The first kappa shape index (κ1) is 17.8. The Bertz CT molecular complexity index is 551. The molecule has 0 aromatic heterocycles. The summed E-state index contributed by atoms with van der Waals surface area (Å²) < 4.78 is 36.3. The van der Waals surface area contributed by atoms with Crippen molar-refractivity contribution in [2.75, 3.05) is 13.2 Å². The molecule has 0 N–H and O–H groups in total. The Morgan fingerprint density at radius 2 is 1.68 bits per heavy atom. The molecule has 0 saturated carbocycles.